The largest absolute Gasteiger partial charge is 0.496 e. The van der Waals surface area contributed by atoms with Gasteiger partial charge in [0.25, 0.3) is 5.91 Å². The molecule has 0 spiro atoms. The number of rotatable bonds is 3. The van der Waals surface area contributed by atoms with Gasteiger partial charge in [-0.05, 0) is 23.6 Å². The van der Waals surface area contributed by atoms with Crippen LogP contribution in [0.4, 0.5) is 0 Å². The number of nitrogens with one attached hydrogen (secondary N) is 1. The number of carbonyl (C=O) groups excluding carboxylic acids is 1. The molecule has 0 aromatic heterocycles. The van der Waals surface area contributed by atoms with Crippen LogP contribution in [-0.4, -0.2) is 20.1 Å². The Morgan fingerprint density at radius 1 is 1.40 bits per heavy atom. The van der Waals surface area contributed by atoms with E-state index in [2.05, 4.69) is 19.2 Å². The van der Waals surface area contributed by atoms with Crippen molar-refractivity contribution in [2.24, 2.45) is 0 Å². The van der Waals surface area contributed by atoms with Crippen LogP contribution in [0.5, 0.6) is 5.75 Å². The molecular formula is C12H17NO2. The maximum atomic E-state index is 11.4. The smallest absolute Gasteiger partial charge is 0.251 e. The van der Waals surface area contributed by atoms with Crippen molar-refractivity contribution < 1.29 is 9.53 Å². The fraction of sp³-hybridized carbons (Fsp3) is 0.417. The van der Waals surface area contributed by atoms with Gasteiger partial charge in [-0.3, -0.25) is 4.79 Å². The SMILES string of the molecule is CNC(=O)c1ccc(C(C)C)c(OC)c1. The standard InChI is InChI=1S/C12H17NO2/c1-8(2)10-6-5-9(12(14)13-3)7-11(10)15-4/h5-8H,1-4H3,(H,13,14). The van der Waals surface area contributed by atoms with E-state index in [0.29, 0.717) is 11.5 Å². The number of carbonyl (C=O) groups is 1. The highest BCUT2D eigenvalue weighted by molar-refractivity contribution is 5.94. The third-order valence-corrected chi connectivity index (χ3v) is 2.34. The quantitative estimate of drug-likeness (QED) is 0.825. The van der Waals surface area contributed by atoms with E-state index in [-0.39, 0.29) is 5.91 Å². The van der Waals surface area contributed by atoms with E-state index in [1.807, 2.05) is 12.1 Å². The van der Waals surface area contributed by atoms with Crippen LogP contribution in [0.2, 0.25) is 0 Å². The molecule has 0 aliphatic rings. The molecule has 1 aromatic carbocycles. The van der Waals surface area contributed by atoms with Crippen molar-refractivity contribution in [2.75, 3.05) is 14.2 Å². The summed E-state index contributed by atoms with van der Waals surface area (Å²) < 4.78 is 5.26. The van der Waals surface area contributed by atoms with Crippen molar-refractivity contribution in [3.05, 3.63) is 29.3 Å². The summed E-state index contributed by atoms with van der Waals surface area (Å²) >= 11 is 0. The summed E-state index contributed by atoms with van der Waals surface area (Å²) in [6.45, 7) is 4.19. The fourth-order valence-electron chi connectivity index (χ4n) is 1.47. The van der Waals surface area contributed by atoms with Crippen LogP contribution in [0.3, 0.4) is 0 Å². The fourth-order valence-corrected chi connectivity index (χ4v) is 1.47. The third kappa shape index (κ3) is 2.49. The molecule has 0 saturated heterocycles. The molecule has 0 bridgehead atoms. The van der Waals surface area contributed by atoms with Crippen molar-refractivity contribution in [3.63, 3.8) is 0 Å². The Morgan fingerprint density at radius 2 is 2.07 bits per heavy atom. The van der Waals surface area contributed by atoms with Crippen molar-refractivity contribution >= 4 is 5.91 Å². The molecule has 0 aliphatic heterocycles. The van der Waals surface area contributed by atoms with E-state index in [4.69, 9.17) is 4.74 Å². The Morgan fingerprint density at radius 3 is 2.53 bits per heavy atom. The van der Waals surface area contributed by atoms with Gasteiger partial charge in [0, 0.05) is 12.6 Å². The van der Waals surface area contributed by atoms with Crippen LogP contribution in [0.15, 0.2) is 18.2 Å². The molecule has 1 rings (SSSR count). The summed E-state index contributed by atoms with van der Waals surface area (Å²) in [5, 5.41) is 2.59. The number of ether oxygens (including phenoxy) is 1. The van der Waals surface area contributed by atoms with E-state index in [1.165, 1.54) is 0 Å². The number of methoxy groups -OCH3 is 1. The Bertz CT molecular complexity index is 359. The summed E-state index contributed by atoms with van der Waals surface area (Å²) in [4.78, 5) is 11.4. The molecule has 1 aromatic rings. The third-order valence-electron chi connectivity index (χ3n) is 2.34. The second-order valence-electron chi connectivity index (χ2n) is 3.69. The van der Waals surface area contributed by atoms with Gasteiger partial charge in [-0.25, -0.2) is 0 Å². The molecular weight excluding hydrogens is 190 g/mol. The highest BCUT2D eigenvalue weighted by Gasteiger charge is 2.10. The summed E-state index contributed by atoms with van der Waals surface area (Å²) in [5.74, 6) is 1.06. The van der Waals surface area contributed by atoms with Gasteiger partial charge in [0.05, 0.1) is 7.11 Å². The first-order chi connectivity index (χ1) is 7.10. The van der Waals surface area contributed by atoms with Gasteiger partial charge in [0.15, 0.2) is 0 Å². The van der Waals surface area contributed by atoms with E-state index >= 15 is 0 Å². The predicted molar refractivity (Wildman–Crippen MR) is 60.5 cm³/mol. The number of hydrogen-bond donors (Lipinski definition) is 1. The molecule has 0 heterocycles. The maximum Gasteiger partial charge on any atom is 0.251 e. The van der Waals surface area contributed by atoms with Crippen molar-refractivity contribution in [1.29, 1.82) is 0 Å². The lowest BCUT2D eigenvalue weighted by Gasteiger charge is -2.12. The van der Waals surface area contributed by atoms with Crippen LogP contribution in [-0.2, 0) is 0 Å². The van der Waals surface area contributed by atoms with Crippen molar-refractivity contribution in [3.8, 4) is 5.75 Å². The van der Waals surface area contributed by atoms with E-state index in [9.17, 15) is 4.79 Å². The van der Waals surface area contributed by atoms with E-state index in [0.717, 1.165) is 11.3 Å². The molecule has 0 saturated carbocycles. The molecule has 0 unspecified atom stereocenters. The Kier molecular flexibility index (Phi) is 3.72. The summed E-state index contributed by atoms with van der Waals surface area (Å²) in [6.07, 6.45) is 0. The highest BCUT2D eigenvalue weighted by atomic mass is 16.5. The Labute approximate surface area is 90.4 Å². The number of hydrogen-bond acceptors (Lipinski definition) is 2. The number of amides is 1. The molecule has 1 amide bonds. The first kappa shape index (κ1) is 11.6. The lowest BCUT2D eigenvalue weighted by atomic mass is 10.00. The second kappa shape index (κ2) is 4.82. The lowest BCUT2D eigenvalue weighted by Crippen LogP contribution is -2.17. The Hall–Kier alpha value is -1.51. The van der Waals surface area contributed by atoms with Gasteiger partial charge in [-0.1, -0.05) is 19.9 Å². The van der Waals surface area contributed by atoms with Crippen LogP contribution in [0.25, 0.3) is 0 Å². The minimum absolute atomic E-state index is 0.0939. The van der Waals surface area contributed by atoms with Crippen LogP contribution < -0.4 is 10.1 Å². The average molecular weight is 207 g/mol. The molecule has 1 N–H and O–H groups in total. The minimum Gasteiger partial charge on any atom is -0.496 e. The van der Waals surface area contributed by atoms with Crippen LogP contribution >= 0.6 is 0 Å². The molecule has 3 heteroatoms. The zero-order valence-electron chi connectivity index (χ0n) is 9.63. The van der Waals surface area contributed by atoms with Gasteiger partial charge >= 0.3 is 0 Å². The number of benzene rings is 1. The predicted octanol–water partition coefficient (Wildman–Crippen LogP) is 2.18. The monoisotopic (exact) mass is 207 g/mol. The molecule has 0 aliphatic carbocycles. The normalized spacial score (nSPS) is 10.2. The first-order valence-corrected chi connectivity index (χ1v) is 5.00. The van der Waals surface area contributed by atoms with Crippen LogP contribution in [0, 0.1) is 0 Å². The molecule has 15 heavy (non-hydrogen) atoms. The molecule has 0 fully saturated rings. The minimum atomic E-state index is -0.0939. The topological polar surface area (TPSA) is 38.3 Å². The summed E-state index contributed by atoms with van der Waals surface area (Å²) in [5.41, 5.74) is 1.74. The lowest BCUT2D eigenvalue weighted by molar-refractivity contribution is 0.0962. The van der Waals surface area contributed by atoms with Gasteiger partial charge < -0.3 is 10.1 Å². The van der Waals surface area contributed by atoms with E-state index in [1.54, 1.807) is 20.2 Å². The molecule has 3 nitrogen and oxygen atoms in total. The van der Waals surface area contributed by atoms with Crippen molar-refractivity contribution in [2.45, 2.75) is 19.8 Å². The van der Waals surface area contributed by atoms with Gasteiger partial charge in [-0.2, -0.15) is 0 Å². The molecule has 0 radical (unpaired) electrons. The van der Waals surface area contributed by atoms with Gasteiger partial charge in [0.1, 0.15) is 5.75 Å². The van der Waals surface area contributed by atoms with Crippen molar-refractivity contribution in [1.82, 2.24) is 5.32 Å². The zero-order chi connectivity index (χ0) is 11.4. The summed E-state index contributed by atoms with van der Waals surface area (Å²) in [6, 6.07) is 5.53. The zero-order valence-corrected chi connectivity index (χ0v) is 9.63. The maximum absolute atomic E-state index is 11.4. The first-order valence-electron chi connectivity index (χ1n) is 5.00. The Balaban J connectivity index is 3.13. The molecule has 0 atom stereocenters. The second-order valence-corrected chi connectivity index (χ2v) is 3.69. The van der Waals surface area contributed by atoms with Gasteiger partial charge in [-0.15, -0.1) is 0 Å². The average Bonchev–Trinajstić information content (AvgIpc) is 2.26. The van der Waals surface area contributed by atoms with Crippen LogP contribution in [0.1, 0.15) is 35.7 Å². The summed E-state index contributed by atoms with van der Waals surface area (Å²) in [7, 11) is 3.24. The van der Waals surface area contributed by atoms with E-state index < -0.39 is 0 Å². The van der Waals surface area contributed by atoms with Gasteiger partial charge in [0.2, 0.25) is 0 Å². The molecule has 82 valence electrons. The highest BCUT2D eigenvalue weighted by Crippen LogP contribution is 2.27.